The second kappa shape index (κ2) is 10.8. The van der Waals surface area contributed by atoms with Crippen LogP contribution in [-0.4, -0.2) is 73.2 Å². The second-order valence-electron chi connectivity index (χ2n) is 10.9. The van der Waals surface area contributed by atoms with Crippen LogP contribution in [0.3, 0.4) is 0 Å². The van der Waals surface area contributed by atoms with Crippen molar-refractivity contribution in [2.75, 3.05) is 42.1 Å². The van der Waals surface area contributed by atoms with Crippen LogP contribution in [0, 0.1) is 0 Å². The average molecular weight is 621 g/mol. The number of hydrogen-bond acceptors (Lipinski definition) is 9. The molecule has 2 aliphatic heterocycles. The highest BCUT2D eigenvalue weighted by Gasteiger charge is 2.41. The van der Waals surface area contributed by atoms with E-state index in [0.29, 0.717) is 24.3 Å². The number of piperazine rings is 1. The largest absolute Gasteiger partial charge is 0.420 e. The van der Waals surface area contributed by atoms with Crippen molar-refractivity contribution in [3.05, 3.63) is 46.5 Å². The van der Waals surface area contributed by atoms with Crippen molar-refractivity contribution in [1.82, 2.24) is 20.2 Å². The van der Waals surface area contributed by atoms with E-state index in [2.05, 4.69) is 38.5 Å². The minimum Gasteiger partial charge on any atom is -0.369 e. The van der Waals surface area contributed by atoms with Crippen LogP contribution in [-0.2, 0) is 22.4 Å². The smallest absolute Gasteiger partial charge is 0.369 e. The maximum Gasteiger partial charge on any atom is 0.420 e. The molecule has 1 aliphatic carbocycles. The van der Waals surface area contributed by atoms with Crippen molar-refractivity contribution in [2.45, 2.75) is 56.3 Å². The Balaban J connectivity index is 1.37. The molecular formula is C28H31F3N6O3S2. The Morgan fingerprint density at radius 2 is 1.98 bits per heavy atom. The van der Waals surface area contributed by atoms with Gasteiger partial charge in [0.2, 0.25) is 5.95 Å². The van der Waals surface area contributed by atoms with Crippen molar-refractivity contribution >= 4 is 44.4 Å². The lowest BCUT2D eigenvalue weighted by molar-refractivity contribution is -0.137. The zero-order valence-electron chi connectivity index (χ0n) is 23.2. The highest BCUT2D eigenvalue weighted by atomic mass is 32.2. The first-order valence-electron chi connectivity index (χ1n) is 13.9. The Kier molecular flexibility index (Phi) is 7.42. The minimum atomic E-state index is -4.80. The molecule has 1 atom stereocenters. The minimum absolute atomic E-state index is 0.0288. The van der Waals surface area contributed by atoms with Crippen LogP contribution in [0.15, 0.2) is 35.4 Å². The van der Waals surface area contributed by atoms with Crippen LogP contribution in [0.25, 0.3) is 10.6 Å². The van der Waals surface area contributed by atoms with Crippen molar-refractivity contribution in [3.8, 4) is 10.6 Å². The summed E-state index contributed by atoms with van der Waals surface area (Å²) in [5.74, 6) is -0.796. The van der Waals surface area contributed by atoms with Gasteiger partial charge in [-0.1, -0.05) is 6.92 Å². The Bertz CT molecular complexity index is 1640. The fourth-order valence-electron chi connectivity index (χ4n) is 5.48. The molecule has 6 rings (SSSR count). The van der Waals surface area contributed by atoms with Gasteiger partial charge in [-0.15, -0.1) is 11.3 Å². The van der Waals surface area contributed by atoms with Gasteiger partial charge in [0.05, 0.1) is 21.2 Å². The maximum atomic E-state index is 14.1. The predicted molar refractivity (Wildman–Crippen MR) is 155 cm³/mol. The molecule has 3 aromatic rings. The molecule has 14 heteroatoms. The van der Waals surface area contributed by atoms with E-state index >= 15 is 0 Å². The zero-order chi connectivity index (χ0) is 29.8. The molecule has 2 N–H and O–H groups in total. The average Bonchev–Trinajstić information content (AvgIpc) is 3.69. The predicted octanol–water partition coefficient (Wildman–Crippen LogP) is 4.72. The van der Waals surface area contributed by atoms with Crippen LogP contribution in [0.2, 0.25) is 0 Å². The van der Waals surface area contributed by atoms with Gasteiger partial charge in [0, 0.05) is 55.8 Å². The van der Waals surface area contributed by atoms with E-state index in [0.717, 1.165) is 61.1 Å². The monoisotopic (exact) mass is 620 g/mol. The number of amides is 1. The number of halogens is 3. The van der Waals surface area contributed by atoms with Crippen LogP contribution < -0.4 is 15.5 Å². The van der Waals surface area contributed by atoms with Gasteiger partial charge in [-0.3, -0.25) is 4.79 Å². The SMILES string of the molecule is CCc1cc(N2CCN[C@@H](C)C2)ccc1Nc1ncc(C(F)(F)F)c(-c2cc3c(s2)C(=O)N(C2CC2)CCS3(=O)=O)n1. The van der Waals surface area contributed by atoms with E-state index in [-0.39, 0.29) is 38.9 Å². The molecule has 0 bridgehead atoms. The zero-order valence-corrected chi connectivity index (χ0v) is 24.8. The molecule has 42 heavy (non-hydrogen) atoms. The van der Waals surface area contributed by atoms with Crippen LogP contribution in [0.1, 0.15) is 47.5 Å². The lowest BCUT2D eigenvalue weighted by Crippen LogP contribution is -2.49. The Morgan fingerprint density at radius 1 is 1.19 bits per heavy atom. The van der Waals surface area contributed by atoms with E-state index in [4.69, 9.17) is 0 Å². The molecule has 0 radical (unpaired) electrons. The third-order valence-corrected chi connectivity index (χ3v) is 10.8. The number of anilines is 3. The molecule has 2 fully saturated rings. The van der Waals surface area contributed by atoms with Gasteiger partial charge < -0.3 is 20.4 Å². The number of rotatable bonds is 6. The number of aromatic nitrogens is 2. The summed E-state index contributed by atoms with van der Waals surface area (Å²) >= 11 is 0.733. The van der Waals surface area contributed by atoms with E-state index in [1.807, 2.05) is 19.1 Å². The summed E-state index contributed by atoms with van der Waals surface area (Å²) in [4.78, 5) is 24.9. The summed E-state index contributed by atoms with van der Waals surface area (Å²) in [6.45, 7) is 6.80. The fraction of sp³-hybridized carbons (Fsp3) is 0.464. The van der Waals surface area contributed by atoms with Gasteiger partial charge in [-0.05, 0) is 56.0 Å². The molecule has 3 aliphatic rings. The first kappa shape index (κ1) is 28.9. The summed E-state index contributed by atoms with van der Waals surface area (Å²) < 4.78 is 68.4. The lowest BCUT2D eigenvalue weighted by atomic mass is 10.1. The number of nitrogens with zero attached hydrogens (tertiary/aromatic N) is 4. The first-order chi connectivity index (χ1) is 19.9. The maximum absolute atomic E-state index is 14.1. The molecule has 2 aromatic heterocycles. The topological polar surface area (TPSA) is 108 Å². The van der Waals surface area contributed by atoms with Crippen LogP contribution in [0.4, 0.5) is 30.5 Å². The number of carbonyl (C=O) groups is 1. The molecule has 224 valence electrons. The van der Waals surface area contributed by atoms with Crippen molar-refractivity contribution in [1.29, 1.82) is 0 Å². The quantitative estimate of drug-likeness (QED) is 0.408. The van der Waals surface area contributed by atoms with Gasteiger partial charge in [-0.2, -0.15) is 13.2 Å². The standard InChI is InChI=1S/C28H31F3N6O3S2/c1-3-17-12-19(36-9-8-32-16(2)15-36)6-7-21(17)34-27-33-14-20(28(29,30)31)24(35-27)22-13-23-25(41-22)26(38)37(18-4-5-18)10-11-42(23,39)40/h6-7,12-14,16,18,32H,3-5,8-11,15H2,1-2H3,(H,33,34,35)/t16-/m0/s1. The third-order valence-electron chi connectivity index (χ3n) is 7.85. The highest BCUT2D eigenvalue weighted by molar-refractivity contribution is 7.91. The number of thiophene rings is 1. The summed E-state index contributed by atoms with van der Waals surface area (Å²) in [6.07, 6.45) is -1.86. The van der Waals surface area contributed by atoms with Crippen molar-refractivity contribution in [3.63, 3.8) is 0 Å². The van der Waals surface area contributed by atoms with Crippen LogP contribution in [0.5, 0.6) is 0 Å². The Labute approximate surface area is 246 Å². The number of hydrogen-bond donors (Lipinski definition) is 2. The number of aryl methyl sites for hydroxylation is 1. The second-order valence-corrected chi connectivity index (χ2v) is 14.1. The number of nitrogens with one attached hydrogen (secondary N) is 2. The molecule has 1 aromatic carbocycles. The molecule has 0 spiro atoms. The fourth-order valence-corrected chi connectivity index (χ4v) is 8.40. The first-order valence-corrected chi connectivity index (χ1v) is 16.4. The number of benzene rings is 1. The summed E-state index contributed by atoms with van der Waals surface area (Å²) in [6, 6.07) is 7.37. The molecular weight excluding hydrogens is 589 g/mol. The van der Waals surface area contributed by atoms with Gasteiger partial charge in [0.25, 0.3) is 5.91 Å². The molecule has 4 heterocycles. The van der Waals surface area contributed by atoms with Crippen molar-refractivity contribution in [2.24, 2.45) is 0 Å². The molecule has 1 saturated heterocycles. The number of alkyl halides is 3. The van der Waals surface area contributed by atoms with Gasteiger partial charge in [0.1, 0.15) is 10.4 Å². The summed E-state index contributed by atoms with van der Waals surface area (Å²) in [5.41, 5.74) is 1.10. The molecule has 1 amide bonds. The number of fused-ring (bicyclic) bond motifs is 1. The summed E-state index contributed by atoms with van der Waals surface area (Å²) in [5, 5.41) is 6.49. The van der Waals surface area contributed by atoms with E-state index < -0.39 is 33.2 Å². The highest BCUT2D eigenvalue weighted by Crippen LogP contribution is 2.43. The third kappa shape index (κ3) is 5.59. The number of carbonyl (C=O) groups excluding carboxylic acids is 1. The normalized spacial score (nSPS) is 20.8. The van der Waals surface area contributed by atoms with E-state index in [1.165, 1.54) is 4.90 Å². The van der Waals surface area contributed by atoms with Crippen molar-refractivity contribution < 1.29 is 26.4 Å². The Morgan fingerprint density at radius 3 is 2.67 bits per heavy atom. The van der Waals surface area contributed by atoms with E-state index in [1.54, 1.807) is 0 Å². The molecule has 0 unspecified atom stereocenters. The van der Waals surface area contributed by atoms with Gasteiger partial charge in [0.15, 0.2) is 9.84 Å². The van der Waals surface area contributed by atoms with Crippen LogP contribution >= 0.6 is 11.3 Å². The van der Waals surface area contributed by atoms with Gasteiger partial charge in [-0.25, -0.2) is 18.4 Å². The number of sulfone groups is 1. The van der Waals surface area contributed by atoms with E-state index in [9.17, 15) is 26.4 Å². The summed E-state index contributed by atoms with van der Waals surface area (Å²) in [7, 11) is -3.87. The Hall–Kier alpha value is -3.23. The molecule has 9 nitrogen and oxygen atoms in total. The molecule has 1 saturated carbocycles. The lowest BCUT2D eigenvalue weighted by Gasteiger charge is -2.34. The van der Waals surface area contributed by atoms with Gasteiger partial charge >= 0.3 is 6.18 Å².